The van der Waals surface area contributed by atoms with Crippen molar-refractivity contribution in [1.82, 2.24) is 14.8 Å². The largest absolute Gasteiger partial charge is 0.484 e. The van der Waals surface area contributed by atoms with Crippen molar-refractivity contribution in [2.24, 2.45) is 0 Å². The van der Waals surface area contributed by atoms with Gasteiger partial charge in [-0.3, -0.25) is 9.69 Å². The zero-order valence-corrected chi connectivity index (χ0v) is 18.0. The molecule has 0 N–H and O–H groups in total. The van der Waals surface area contributed by atoms with Gasteiger partial charge in [0, 0.05) is 37.1 Å². The Kier molecular flexibility index (Phi) is 7.79. The van der Waals surface area contributed by atoms with Gasteiger partial charge in [-0.25, -0.2) is 9.37 Å². The molecule has 5 nitrogen and oxygen atoms in total. The molecule has 4 rings (SSSR count). The van der Waals surface area contributed by atoms with E-state index in [-0.39, 0.29) is 30.7 Å². The summed E-state index contributed by atoms with van der Waals surface area (Å²) in [5.41, 5.74) is 1.79. The van der Waals surface area contributed by atoms with Gasteiger partial charge in [-0.1, -0.05) is 18.2 Å². The van der Waals surface area contributed by atoms with Gasteiger partial charge in [0.1, 0.15) is 16.6 Å². The number of thiazole rings is 1. The third kappa shape index (κ3) is 5.78. The highest BCUT2D eigenvalue weighted by molar-refractivity contribution is 7.09. The van der Waals surface area contributed by atoms with E-state index in [2.05, 4.69) is 9.88 Å². The van der Waals surface area contributed by atoms with E-state index in [4.69, 9.17) is 4.74 Å². The SMILES string of the molecule is Cl.O=C(COc1ccccc1)N1CCN(Cc2nc(-c3ccc(F)cc3)cs2)CC1. The Labute approximate surface area is 185 Å². The molecular formula is C22H23ClFN3O2S. The normalized spacial score (nSPS) is 14.2. The van der Waals surface area contributed by atoms with Crippen LogP contribution in [-0.4, -0.2) is 53.5 Å². The zero-order valence-electron chi connectivity index (χ0n) is 16.4. The lowest BCUT2D eigenvalue weighted by Crippen LogP contribution is -2.49. The fraction of sp³-hybridized carbons (Fsp3) is 0.273. The fourth-order valence-corrected chi connectivity index (χ4v) is 4.08. The van der Waals surface area contributed by atoms with Crippen molar-refractivity contribution in [1.29, 1.82) is 0 Å². The number of rotatable bonds is 6. The third-order valence-corrected chi connectivity index (χ3v) is 5.71. The Morgan fingerprint density at radius 2 is 1.73 bits per heavy atom. The lowest BCUT2D eigenvalue weighted by molar-refractivity contribution is -0.135. The first-order valence-electron chi connectivity index (χ1n) is 9.56. The quantitative estimate of drug-likeness (QED) is 0.571. The molecule has 1 fully saturated rings. The number of carbonyl (C=O) groups is 1. The van der Waals surface area contributed by atoms with E-state index in [1.165, 1.54) is 12.1 Å². The predicted molar refractivity (Wildman–Crippen MR) is 119 cm³/mol. The molecule has 1 aliphatic heterocycles. The van der Waals surface area contributed by atoms with Gasteiger partial charge in [0.15, 0.2) is 6.61 Å². The molecule has 0 radical (unpaired) electrons. The Hall–Kier alpha value is -2.48. The molecular weight excluding hydrogens is 425 g/mol. The van der Waals surface area contributed by atoms with Crippen molar-refractivity contribution in [3.8, 4) is 17.0 Å². The molecule has 0 aliphatic carbocycles. The van der Waals surface area contributed by atoms with Crippen molar-refractivity contribution < 1.29 is 13.9 Å². The van der Waals surface area contributed by atoms with Crippen molar-refractivity contribution >= 4 is 29.7 Å². The average molecular weight is 448 g/mol. The molecule has 1 saturated heterocycles. The molecule has 0 unspecified atom stereocenters. The van der Waals surface area contributed by atoms with Crippen LogP contribution in [0.15, 0.2) is 60.0 Å². The molecule has 1 aromatic heterocycles. The Bertz CT molecular complexity index is 945. The molecule has 0 atom stereocenters. The summed E-state index contributed by atoms with van der Waals surface area (Å²) in [6.07, 6.45) is 0. The highest BCUT2D eigenvalue weighted by Crippen LogP contribution is 2.23. The van der Waals surface area contributed by atoms with Gasteiger partial charge in [0.05, 0.1) is 12.2 Å². The first-order chi connectivity index (χ1) is 14.2. The van der Waals surface area contributed by atoms with Crippen LogP contribution in [0.2, 0.25) is 0 Å². The van der Waals surface area contributed by atoms with Crippen molar-refractivity contribution in [3.63, 3.8) is 0 Å². The monoisotopic (exact) mass is 447 g/mol. The first kappa shape index (κ1) is 22.2. The highest BCUT2D eigenvalue weighted by atomic mass is 35.5. The van der Waals surface area contributed by atoms with Gasteiger partial charge in [0.2, 0.25) is 0 Å². The van der Waals surface area contributed by atoms with Crippen LogP contribution in [0.3, 0.4) is 0 Å². The molecule has 2 aromatic carbocycles. The number of amides is 1. The van der Waals surface area contributed by atoms with Crippen LogP contribution < -0.4 is 4.74 Å². The molecule has 3 aromatic rings. The van der Waals surface area contributed by atoms with E-state index < -0.39 is 0 Å². The Morgan fingerprint density at radius 3 is 2.43 bits per heavy atom. The van der Waals surface area contributed by atoms with Gasteiger partial charge in [-0.2, -0.15) is 0 Å². The first-order valence-corrected chi connectivity index (χ1v) is 10.4. The predicted octanol–water partition coefficient (Wildman–Crippen LogP) is 4.09. The summed E-state index contributed by atoms with van der Waals surface area (Å²) in [4.78, 5) is 21.2. The van der Waals surface area contributed by atoms with E-state index in [1.54, 1.807) is 23.5 Å². The maximum atomic E-state index is 13.1. The third-order valence-electron chi connectivity index (χ3n) is 4.88. The number of piperazine rings is 1. The van der Waals surface area contributed by atoms with Gasteiger partial charge < -0.3 is 9.64 Å². The Morgan fingerprint density at radius 1 is 1.03 bits per heavy atom. The number of nitrogens with zero attached hydrogens (tertiary/aromatic N) is 3. The summed E-state index contributed by atoms with van der Waals surface area (Å²) < 4.78 is 18.6. The summed E-state index contributed by atoms with van der Waals surface area (Å²) >= 11 is 1.61. The van der Waals surface area contributed by atoms with Crippen molar-refractivity contribution in [3.05, 3.63) is 70.8 Å². The van der Waals surface area contributed by atoms with E-state index in [0.29, 0.717) is 18.8 Å². The molecule has 0 bridgehead atoms. The van der Waals surface area contributed by atoms with E-state index in [1.807, 2.05) is 40.6 Å². The van der Waals surface area contributed by atoms with E-state index in [0.717, 1.165) is 35.9 Å². The summed E-state index contributed by atoms with van der Waals surface area (Å²) in [7, 11) is 0. The van der Waals surface area contributed by atoms with Crippen LogP contribution >= 0.6 is 23.7 Å². The van der Waals surface area contributed by atoms with Crippen LogP contribution in [0.4, 0.5) is 4.39 Å². The number of aromatic nitrogens is 1. The standard InChI is InChI=1S/C22H22FN3O2S.ClH/c23-18-8-6-17(7-9-18)20-16-29-21(24-20)14-25-10-12-26(13-11-25)22(27)15-28-19-4-2-1-3-5-19;/h1-9,16H,10-15H2;1H. The summed E-state index contributed by atoms with van der Waals surface area (Å²) in [5.74, 6) is 0.479. The number of para-hydroxylation sites is 1. The van der Waals surface area contributed by atoms with Crippen LogP contribution in [0.25, 0.3) is 11.3 Å². The van der Waals surface area contributed by atoms with Gasteiger partial charge >= 0.3 is 0 Å². The fourth-order valence-electron chi connectivity index (χ4n) is 3.24. The number of hydrogen-bond acceptors (Lipinski definition) is 5. The maximum Gasteiger partial charge on any atom is 0.260 e. The number of carbonyl (C=O) groups excluding carboxylic acids is 1. The molecule has 0 saturated carbocycles. The number of benzene rings is 2. The zero-order chi connectivity index (χ0) is 20.1. The Balaban J connectivity index is 0.00000256. The van der Waals surface area contributed by atoms with Crippen LogP contribution in [-0.2, 0) is 11.3 Å². The van der Waals surface area contributed by atoms with Crippen LogP contribution in [0, 0.1) is 5.82 Å². The lowest BCUT2D eigenvalue weighted by Gasteiger charge is -2.34. The minimum atomic E-state index is -0.245. The summed E-state index contributed by atoms with van der Waals surface area (Å²) in [6, 6.07) is 15.8. The van der Waals surface area contributed by atoms with E-state index in [9.17, 15) is 9.18 Å². The number of halogens is 2. The molecule has 0 spiro atoms. The molecule has 1 amide bonds. The second kappa shape index (κ2) is 10.5. The molecule has 158 valence electrons. The number of ether oxygens (including phenoxy) is 1. The van der Waals surface area contributed by atoms with Crippen molar-refractivity contribution in [2.75, 3.05) is 32.8 Å². The van der Waals surface area contributed by atoms with E-state index >= 15 is 0 Å². The summed E-state index contributed by atoms with van der Waals surface area (Å²) in [5, 5.41) is 3.03. The maximum absolute atomic E-state index is 13.1. The van der Waals surface area contributed by atoms with Crippen LogP contribution in [0.5, 0.6) is 5.75 Å². The van der Waals surface area contributed by atoms with Crippen molar-refractivity contribution in [2.45, 2.75) is 6.54 Å². The summed E-state index contributed by atoms with van der Waals surface area (Å²) in [6.45, 7) is 3.82. The smallest absolute Gasteiger partial charge is 0.260 e. The van der Waals surface area contributed by atoms with Crippen LogP contribution in [0.1, 0.15) is 5.01 Å². The lowest BCUT2D eigenvalue weighted by atomic mass is 10.2. The molecule has 1 aliphatic rings. The average Bonchev–Trinajstić information content (AvgIpc) is 3.22. The topological polar surface area (TPSA) is 45.7 Å². The minimum Gasteiger partial charge on any atom is -0.484 e. The van der Waals surface area contributed by atoms with Gasteiger partial charge in [-0.05, 0) is 36.4 Å². The molecule has 30 heavy (non-hydrogen) atoms. The number of hydrogen-bond donors (Lipinski definition) is 0. The van der Waals surface area contributed by atoms with Gasteiger partial charge in [0.25, 0.3) is 5.91 Å². The second-order valence-electron chi connectivity index (χ2n) is 6.89. The molecule has 2 heterocycles. The minimum absolute atomic E-state index is 0. The second-order valence-corrected chi connectivity index (χ2v) is 7.83. The van der Waals surface area contributed by atoms with Gasteiger partial charge in [-0.15, -0.1) is 23.7 Å². The molecule has 8 heteroatoms. The highest BCUT2D eigenvalue weighted by Gasteiger charge is 2.22.